The van der Waals surface area contributed by atoms with Crippen LogP contribution < -0.4 is 4.90 Å². The molecule has 11 heteroatoms. The highest BCUT2D eigenvalue weighted by molar-refractivity contribution is 7.90. The lowest BCUT2D eigenvalue weighted by Gasteiger charge is -2.35. The van der Waals surface area contributed by atoms with Crippen LogP contribution in [0.2, 0.25) is 0 Å². The Morgan fingerprint density at radius 3 is 2.40 bits per heavy atom. The van der Waals surface area contributed by atoms with Crippen LogP contribution in [-0.4, -0.2) is 77.7 Å². The van der Waals surface area contributed by atoms with E-state index >= 15 is 0 Å². The van der Waals surface area contributed by atoms with Crippen LogP contribution in [0.4, 0.5) is 10.6 Å². The Hall–Kier alpha value is -3.21. The zero-order valence-corrected chi connectivity index (χ0v) is 21.6. The van der Waals surface area contributed by atoms with Crippen LogP contribution in [0.3, 0.4) is 0 Å². The zero-order valence-electron chi connectivity index (χ0n) is 20.8. The third-order valence-corrected chi connectivity index (χ3v) is 7.14. The first kappa shape index (κ1) is 24.9. The van der Waals surface area contributed by atoms with Crippen LogP contribution in [0.25, 0.3) is 16.7 Å². The molecule has 10 nitrogen and oxygen atoms in total. The first-order valence-corrected chi connectivity index (χ1v) is 13.5. The predicted molar refractivity (Wildman–Crippen MR) is 134 cm³/mol. The monoisotopic (exact) mass is 500 g/mol. The average molecular weight is 501 g/mol. The van der Waals surface area contributed by atoms with Gasteiger partial charge >= 0.3 is 6.09 Å². The molecule has 0 saturated carbocycles. The summed E-state index contributed by atoms with van der Waals surface area (Å²) in [4.78, 5) is 25.4. The molecular formula is C24H32N6O4S. The molecule has 1 aromatic carbocycles. The average Bonchev–Trinajstić information content (AvgIpc) is 3.22. The standard InChI is InChI=1S/C24H32N6O4S/c1-24(2,3)34-23(31)29-12-10-17(11-13-29)15-28(4)21-20-14-27-30(22(20)26-16-25-21)18-6-8-19(9-7-18)35(5,32)33/h6-9,14,16-17H,10-13,15H2,1-5H3. The van der Waals surface area contributed by atoms with E-state index in [1.807, 2.05) is 27.8 Å². The van der Waals surface area contributed by atoms with E-state index in [9.17, 15) is 13.2 Å². The minimum absolute atomic E-state index is 0.251. The minimum atomic E-state index is -3.27. The summed E-state index contributed by atoms with van der Waals surface area (Å²) in [5, 5.41) is 5.30. The number of likely N-dealkylation sites (tertiary alicyclic amines) is 1. The van der Waals surface area contributed by atoms with E-state index in [1.165, 1.54) is 12.6 Å². The molecule has 1 saturated heterocycles. The number of fused-ring (bicyclic) bond motifs is 1. The van der Waals surface area contributed by atoms with Crippen LogP contribution in [0.1, 0.15) is 33.6 Å². The molecule has 1 amide bonds. The molecule has 2 aromatic heterocycles. The quantitative estimate of drug-likeness (QED) is 0.525. The number of rotatable bonds is 5. The number of sulfone groups is 1. The van der Waals surface area contributed by atoms with Crippen molar-refractivity contribution in [3.05, 3.63) is 36.8 Å². The molecule has 0 aliphatic carbocycles. The van der Waals surface area contributed by atoms with Gasteiger partial charge in [-0.25, -0.2) is 27.9 Å². The van der Waals surface area contributed by atoms with Gasteiger partial charge in [-0.05, 0) is 63.8 Å². The second-order valence-corrected chi connectivity index (χ2v) is 12.1. The number of hydrogen-bond acceptors (Lipinski definition) is 8. The number of benzene rings is 1. The van der Waals surface area contributed by atoms with Gasteiger partial charge in [0.15, 0.2) is 15.5 Å². The van der Waals surface area contributed by atoms with Gasteiger partial charge < -0.3 is 14.5 Å². The lowest BCUT2D eigenvalue weighted by molar-refractivity contribution is 0.0186. The Labute approximate surface area is 205 Å². The van der Waals surface area contributed by atoms with Gasteiger partial charge in [-0.3, -0.25) is 0 Å². The summed E-state index contributed by atoms with van der Waals surface area (Å²) >= 11 is 0. The molecule has 4 rings (SSSR count). The molecule has 1 aliphatic heterocycles. The molecule has 188 valence electrons. The van der Waals surface area contributed by atoms with Gasteiger partial charge in [0.05, 0.1) is 22.2 Å². The number of carbonyl (C=O) groups is 1. The Kier molecular flexibility index (Phi) is 6.72. The summed E-state index contributed by atoms with van der Waals surface area (Å²) in [6.45, 7) is 7.77. The van der Waals surface area contributed by atoms with Gasteiger partial charge in [0.2, 0.25) is 0 Å². The number of piperidine rings is 1. The topological polar surface area (TPSA) is 111 Å². The van der Waals surface area contributed by atoms with Crippen molar-refractivity contribution >= 4 is 32.8 Å². The van der Waals surface area contributed by atoms with E-state index in [4.69, 9.17) is 4.74 Å². The van der Waals surface area contributed by atoms with Crippen molar-refractivity contribution in [3.8, 4) is 5.69 Å². The SMILES string of the molecule is CN(CC1CCN(C(=O)OC(C)(C)C)CC1)c1ncnc2c1cnn2-c1ccc(S(C)(=O)=O)cc1. The first-order chi connectivity index (χ1) is 16.4. The van der Waals surface area contributed by atoms with E-state index < -0.39 is 15.4 Å². The van der Waals surface area contributed by atoms with Crippen molar-refractivity contribution in [1.82, 2.24) is 24.6 Å². The highest BCUT2D eigenvalue weighted by Crippen LogP contribution is 2.27. The molecule has 0 N–H and O–H groups in total. The molecule has 1 fully saturated rings. The van der Waals surface area contributed by atoms with E-state index in [-0.39, 0.29) is 11.0 Å². The lowest BCUT2D eigenvalue weighted by Crippen LogP contribution is -2.43. The molecule has 3 aromatic rings. The maximum Gasteiger partial charge on any atom is 0.410 e. The van der Waals surface area contributed by atoms with Gasteiger partial charge in [0.25, 0.3) is 0 Å². The van der Waals surface area contributed by atoms with E-state index in [1.54, 1.807) is 40.0 Å². The van der Waals surface area contributed by atoms with Gasteiger partial charge in [-0.15, -0.1) is 0 Å². The number of hydrogen-bond donors (Lipinski definition) is 0. The number of aromatic nitrogens is 4. The third kappa shape index (κ3) is 5.72. The summed E-state index contributed by atoms with van der Waals surface area (Å²) in [5.41, 5.74) is 0.870. The fraction of sp³-hybridized carbons (Fsp3) is 0.500. The van der Waals surface area contributed by atoms with Crippen molar-refractivity contribution in [1.29, 1.82) is 0 Å². The number of ether oxygens (including phenoxy) is 1. The third-order valence-electron chi connectivity index (χ3n) is 6.01. The smallest absolute Gasteiger partial charge is 0.410 e. The Morgan fingerprint density at radius 1 is 1.14 bits per heavy atom. The molecule has 0 unspecified atom stereocenters. The van der Waals surface area contributed by atoms with Crippen molar-refractivity contribution < 1.29 is 17.9 Å². The first-order valence-electron chi connectivity index (χ1n) is 11.6. The van der Waals surface area contributed by atoms with Crippen molar-refractivity contribution in [2.45, 2.75) is 44.1 Å². The number of nitrogens with zero attached hydrogens (tertiary/aromatic N) is 6. The normalized spacial score (nSPS) is 15.4. The second kappa shape index (κ2) is 9.44. The summed E-state index contributed by atoms with van der Waals surface area (Å²) < 4.78 is 30.7. The number of carbonyl (C=O) groups excluding carboxylic acids is 1. The van der Waals surface area contributed by atoms with Crippen LogP contribution in [-0.2, 0) is 14.6 Å². The summed E-state index contributed by atoms with van der Waals surface area (Å²) in [6.07, 6.45) is 5.97. The molecule has 1 aliphatic rings. The van der Waals surface area contributed by atoms with Gasteiger partial charge in [-0.1, -0.05) is 0 Å². The molecule has 0 radical (unpaired) electrons. The van der Waals surface area contributed by atoms with Crippen molar-refractivity contribution in [2.75, 3.05) is 37.8 Å². The Morgan fingerprint density at radius 2 is 1.80 bits per heavy atom. The predicted octanol–water partition coefficient (Wildman–Crippen LogP) is 3.30. The van der Waals surface area contributed by atoms with Crippen LogP contribution in [0.15, 0.2) is 41.7 Å². The summed E-state index contributed by atoms with van der Waals surface area (Å²) in [7, 11) is -1.27. The fourth-order valence-corrected chi connectivity index (χ4v) is 4.89. The van der Waals surface area contributed by atoms with Crippen molar-refractivity contribution in [2.24, 2.45) is 5.92 Å². The summed E-state index contributed by atoms with van der Waals surface area (Å²) in [5.74, 6) is 1.20. The number of amides is 1. The highest BCUT2D eigenvalue weighted by Gasteiger charge is 2.28. The molecule has 3 heterocycles. The number of anilines is 1. The molecule has 0 atom stereocenters. The van der Waals surface area contributed by atoms with Gasteiger partial charge in [0, 0.05) is 32.9 Å². The molecular weight excluding hydrogens is 468 g/mol. The molecule has 35 heavy (non-hydrogen) atoms. The van der Waals surface area contributed by atoms with Crippen LogP contribution in [0, 0.1) is 5.92 Å². The van der Waals surface area contributed by atoms with Gasteiger partial charge in [-0.2, -0.15) is 5.10 Å². The molecule has 0 bridgehead atoms. The maximum atomic E-state index is 12.3. The Balaban J connectivity index is 1.45. The highest BCUT2D eigenvalue weighted by atomic mass is 32.2. The largest absolute Gasteiger partial charge is 0.444 e. The zero-order chi connectivity index (χ0) is 25.4. The summed E-state index contributed by atoms with van der Waals surface area (Å²) in [6, 6.07) is 6.56. The second-order valence-electron chi connectivity index (χ2n) is 10.0. The Bertz CT molecular complexity index is 1310. The minimum Gasteiger partial charge on any atom is -0.444 e. The fourth-order valence-electron chi connectivity index (χ4n) is 4.26. The van der Waals surface area contributed by atoms with Crippen LogP contribution >= 0.6 is 0 Å². The van der Waals surface area contributed by atoms with E-state index in [2.05, 4.69) is 20.0 Å². The lowest BCUT2D eigenvalue weighted by atomic mass is 9.96. The maximum absolute atomic E-state index is 12.3. The molecule has 0 spiro atoms. The van der Waals surface area contributed by atoms with Gasteiger partial charge in [0.1, 0.15) is 17.7 Å². The van der Waals surface area contributed by atoms with Crippen molar-refractivity contribution in [3.63, 3.8) is 0 Å². The van der Waals surface area contributed by atoms with Crippen LogP contribution in [0.5, 0.6) is 0 Å². The van der Waals surface area contributed by atoms with E-state index in [0.29, 0.717) is 30.3 Å². The van der Waals surface area contributed by atoms with E-state index in [0.717, 1.165) is 30.6 Å².